The Hall–Kier alpha value is -6.23. The molecule has 0 amide bonds. The van der Waals surface area contributed by atoms with Crippen LogP contribution in [0.4, 0.5) is 0 Å². The first-order chi connectivity index (χ1) is 30.2. The smallest absolute Gasteiger partial charge is 0.193 e. The first-order valence-corrected chi connectivity index (χ1v) is 21.9. The Morgan fingerprint density at radius 3 is 1.11 bits per heavy atom. The fourth-order valence-corrected chi connectivity index (χ4v) is 9.20. The molecule has 0 fully saturated rings. The second kappa shape index (κ2) is 19.2. The molecule has 2 heterocycles. The number of carbonyl (C=O) groups is 3. The molecule has 0 saturated heterocycles. The van der Waals surface area contributed by atoms with Crippen molar-refractivity contribution in [3.8, 4) is 0 Å². The maximum Gasteiger partial charge on any atom is 0.193 e. The predicted octanol–water partition coefficient (Wildman–Crippen LogP) is 10.8. The largest absolute Gasteiger partial charge is 0.395 e. The van der Waals surface area contributed by atoms with Gasteiger partial charge in [-0.25, -0.2) is 0 Å². The number of allylic oxidation sites excluding steroid dienone is 4. The van der Waals surface area contributed by atoms with E-state index in [0.29, 0.717) is 46.5 Å². The summed E-state index contributed by atoms with van der Waals surface area (Å²) in [5.41, 5.74) is 8.45. The summed E-state index contributed by atoms with van der Waals surface area (Å²) < 4.78 is 1.72. The number of Topliss-reactive ketones (excluding diaryl/α,β-unsaturated/α-hetero) is 2. The third-order valence-electron chi connectivity index (χ3n) is 11.2. The summed E-state index contributed by atoms with van der Waals surface area (Å²) in [5.74, 6) is -1.27. The Balaban J connectivity index is 1.11. The van der Waals surface area contributed by atoms with Gasteiger partial charge in [0, 0.05) is 92.1 Å². The molecule has 308 valence electrons. The first-order valence-electron chi connectivity index (χ1n) is 20.3. The van der Waals surface area contributed by atoms with E-state index in [2.05, 4.69) is 31.9 Å². The van der Waals surface area contributed by atoms with Crippen LogP contribution in [0.1, 0.15) is 70.7 Å². The van der Waals surface area contributed by atoms with Crippen molar-refractivity contribution < 1.29 is 24.6 Å². The molecule has 0 bridgehead atoms. The van der Waals surface area contributed by atoms with Gasteiger partial charge in [-0.15, -0.1) is 0 Å². The summed E-state index contributed by atoms with van der Waals surface area (Å²) in [4.78, 5) is 46.3. The lowest BCUT2D eigenvalue weighted by atomic mass is 9.77. The van der Waals surface area contributed by atoms with Crippen LogP contribution in [-0.4, -0.2) is 63.7 Å². The summed E-state index contributed by atoms with van der Waals surface area (Å²) in [6.07, 6.45) is 7.59. The Bertz CT molecular complexity index is 2550. The lowest BCUT2D eigenvalue weighted by molar-refractivity contribution is 0.101. The van der Waals surface area contributed by atoms with Crippen molar-refractivity contribution in [1.29, 1.82) is 0 Å². The number of hydrogen-bond acceptors (Lipinski definition) is 7. The number of rotatable bonds is 14. The number of aliphatic hydroxyl groups excluding tert-OH is 2. The molecule has 7 nitrogen and oxygen atoms in total. The van der Waals surface area contributed by atoms with Crippen LogP contribution in [-0.2, 0) is 0 Å². The van der Waals surface area contributed by atoms with E-state index in [1.165, 1.54) is 0 Å². The van der Waals surface area contributed by atoms with Crippen molar-refractivity contribution in [2.75, 3.05) is 26.3 Å². The molecular weight excluding hydrogens is 904 g/mol. The van der Waals surface area contributed by atoms with Crippen molar-refractivity contribution in [2.24, 2.45) is 0 Å². The van der Waals surface area contributed by atoms with Crippen LogP contribution in [0.15, 0.2) is 203 Å². The number of benzene rings is 6. The quantitative estimate of drug-likeness (QED) is 0.105. The fourth-order valence-electron chi connectivity index (χ4n) is 8.17. The van der Waals surface area contributed by atoms with Crippen LogP contribution in [0.3, 0.4) is 0 Å². The van der Waals surface area contributed by atoms with Gasteiger partial charge in [-0.3, -0.25) is 14.4 Å². The van der Waals surface area contributed by atoms with Crippen molar-refractivity contribution in [1.82, 2.24) is 9.80 Å². The van der Waals surface area contributed by atoms with Crippen LogP contribution in [0, 0.1) is 0 Å². The lowest BCUT2D eigenvalue weighted by Crippen LogP contribution is -2.26. The molecule has 2 aliphatic rings. The van der Waals surface area contributed by atoms with Gasteiger partial charge in [-0.2, -0.15) is 0 Å². The molecule has 9 heteroatoms. The molecule has 0 radical (unpaired) electrons. The second-order valence-electron chi connectivity index (χ2n) is 15.0. The minimum atomic E-state index is -0.441. The maximum atomic E-state index is 14.2. The Labute approximate surface area is 377 Å². The molecule has 0 saturated carbocycles. The van der Waals surface area contributed by atoms with Crippen LogP contribution in [0.25, 0.3) is 11.1 Å². The van der Waals surface area contributed by atoms with Gasteiger partial charge in [0.15, 0.2) is 17.3 Å². The van der Waals surface area contributed by atoms with Crippen molar-refractivity contribution in [3.05, 3.63) is 247 Å². The SMILES string of the molecule is O=C(C1=CN(CCO)C=C(c2ccc(C(=O)c3ccc(C4=CN(CCO)C=C(C(=O)c5ccccc5)C4c4ccccc4Br)cc3)cc2)C1c1ccccc1Br)c1ccccc1. The van der Waals surface area contributed by atoms with Gasteiger partial charge in [-0.1, -0.05) is 177 Å². The standard InChI is InChI=1S/C53H42Br2N2O5/c54-47-17-9-7-15-41(47)49-43(31-56(27-29-58)33-45(49)52(61)37-11-3-1-4-12-37)35-19-23-39(24-20-35)51(60)40-25-21-36(22-26-40)44-32-57(28-30-59)34-46(53(62)38-13-5-2-6-14-38)50(44)42-16-8-10-18-48(42)55/h1-26,31-34,49-50,58-59H,27-30H2. The molecule has 2 unspecified atom stereocenters. The number of ketones is 3. The summed E-state index contributed by atoms with van der Waals surface area (Å²) in [5, 5.41) is 19.9. The van der Waals surface area contributed by atoms with E-state index < -0.39 is 11.8 Å². The molecular formula is C53H42Br2N2O5. The molecule has 0 spiro atoms. The third-order valence-corrected chi connectivity index (χ3v) is 12.6. The predicted molar refractivity (Wildman–Crippen MR) is 251 cm³/mol. The summed E-state index contributed by atoms with van der Waals surface area (Å²) in [6.45, 7) is 0.382. The zero-order valence-corrected chi connectivity index (χ0v) is 36.7. The van der Waals surface area contributed by atoms with Gasteiger partial charge in [0.25, 0.3) is 0 Å². The minimum absolute atomic E-state index is 0.106. The van der Waals surface area contributed by atoms with Gasteiger partial charge in [0.1, 0.15) is 0 Å². The number of carbonyl (C=O) groups excluding carboxylic acids is 3. The summed E-state index contributed by atoms with van der Waals surface area (Å²) >= 11 is 7.49. The number of hydrogen-bond donors (Lipinski definition) is 2. The summed E-state index contributed by atoms with van der Waals surface area (Å²) in [7, 11) is 0. The van der Waals surface area contributed by atoms with Gasteiger partial charge in [-0.05, 0) is 45.5 Å². The monoisotopic (exact) mass is 944 g/mol. The molecule has 62 heavy (non-hydrogen) atoms. The van der Waals surface area contributed by atoms with Crippen molar-refractivity contribution in [3.63, 3.8) is 0 Å². The first kappa shape index (κ1) is 42.5. The molecule has 2 N–H and O–H groups in total. The molecule has 6 aromatic carbocycles. The molecule has 0 aliphatic carbocycles. The number of β-amino-alcohol motifs (C(OH)–C–C–N with tert-alkyl or cyclic N) is 2. The minimum Gasteiger partial charge on any atom is -0.395 e. The molecule has 2 aliphatic heterocycles. The van der Waals surface area contributed by atoms with Gasteiger partial charge in [0.2, 0.25) is 0 Å². The van der Waals surface area contributed by atoms with Crippen LogP contribution in [0.5, 0.6) is 0 Å². The number of nitrogens with zero attached hydrogens (tertiary/aromatic N) is 2. The fraction of sp³-hybridized carbons (Fsp3) is 0.113. The molecule has 8 rings (SSSR count). The zero-order chi connectivity index (χ0) is 43.2. The summed E-state index contributed by atoms with van der Waals surface area (Å²) in [6, 6.07) is 48.9. The van der Waals surface area contributed by atoms with Crippen LogP contribution in [0.2, 0.25) is 0 Å². The van der Waals surface area contributed by atoms with E-state index in [1.54, 1.807) is 0 Å². The number of aliphatic hydroxyl groups is 2. The molecule has 2 atom stereocenters. The average Bonchev–Trinajstić information content (AvgIpc) is 3.32. The van der Waals surface area contributed by atoms with E-state index in [9.17, 15) is 24.6 Å². The van der Waals surface area contributed by atoms with E-state index >= 15 is 0 Å². The van der Waals surface area contributed by atoms with Crippen molar-refractivity contribution in [2.45, 2.75) is 11.8 Å². The lowest BCUT2D eigenvalue weighted by Gasteiger charge is -2.32. The van der Waals surface area contributed by atoms with Crippen LogP contribution < -0.4 is 0 Å². The Morgan fingerprint density at radius 2 is 0.758 bits per heavy atom. The van der Waals surface area contributed by atoms with Gasteiger partial charge < -0.3 is 20.0 Å². The average molecular weight is 947 g/mol. The van der Waals surface area contributed by atoms with E-state index in [1.807, 2.05) is 192 Å². The van der Waals surface area contributed by atoms with E-state index in [0.717, 1.165) is 42.3 Å². The molecule has 0 aromatic heterocycles. The highest BCUT2D eigenvalue weighted by atomic mass is 79.9. The second-order valence-corrected chi connectivity index (χ2v) is 16.8. The highest BCUT2D eigenvalue weighted by Gasteiger charge is 2.35. The normalized spacial score (nSPS) is 16.2. The highest BCUT2D eigenvalue weighted by Crippen LogP contribution is 2.46. The highest BCUT2D eigenvalue weighted by molar-refractivity contribution is 9.10. The zero-order valence-electron chi connectivity index (χ0n) is 33.6. The van der Waals surface area contributed by atoms with Gasteiger partial charge in [0.05, 0.1) is 13.2 Å². The van der Waals surface area contributed by atoms with Crippen molar-refractivity contribution >= 4 is 60.4 Å². The van der Waals surface area contributed by atoms with Gasteiger partial charge >= 0.3 is 0 Å². The Morgan fingerprint density at radius 1 is 0.419 bits per heavy atom. The molecule has 6 aromatic rings. The maximum absolute atomic E-state index is 14.2. The van der Waals surface area contributed by atoms with E-state index in [4.69, 9.17) is 0 Å². The Kier molecular flexibility index (Phi) is 13.2. The van der Waals surface area contributed by atoms with E-state index in [-0.39, 0.29) is 30.6 Å². The number of halogens is 2. The third kappa shape index (κ3) is 8.89. The topological polar surface area (TPSA) is 98.2 Å². The van der Waals surface area contributed by atoms with Crippen LogP contribution >= 0.6 is 31.9 Å².